The summed E-state index contributed by atoms with van der Waals surface area (Å²) in [6.45, 7) is 1.25. The van der Waals surface area contributed by atoms with E-state index in [4.69, 9.17) is 5.26 Å². The molecule has 0 radical (unpaired) electrons. The second-order valence-electron chi connectivity index (χ2n) is 7.16. The van der Waals surface area contributed by atoms with Gasteiger partial charge in [0.15, 0.2) is 0 Å². The number of carbonyl (C=O) groups excluding carboxylic acids is 1. The van der Waals surface area contributed by atoms with Crippen LogP contribution in [0, 0.1) is 24.1 Å². The van der Waals surface area contributed by atoms with Crippen molar-refractivity contribution in [1.82, 2.24) is 15.3 Å². The minimum Gasteiger partial charge on any atom is -0.342 e. The van der Waals surface area contributed by atoms with Gasteiger partial charge in [0.05, 0.1) is 22.9 Å². The number of aryl methyl sites for hydroxylation is 2. The fourth-order valence-electron chi connectivity index (χ4n) is 3.84. The molecule has 30 heavy (non-hydrogen) atoms. The van der Waals surface area contributed by atoms with Crippen molar-refractivity contribution >= 4 is 16.8 Å². The van der Waals surface area contributed by atoms with Crippen molar-refractivity contribution in [3.63, 3.8) is 0 Å². The molecule has 0 aliphatic heterocycles. The molecule has 0 saturated heterocycles. The minimum atomic E-state index is -4.15. The van der Waals surface area contributed by atoms with Gasteiger partial charge in [-0.15, -0.1) is 0 Å². The van der Waals surface area contributed by atoms with Crippen LogP contribution in [0.2, 0.25) is 0 Å². The molecule has 1 aliphatic rings. The van der Waals surface area contributed by atoms with Crippen molar-refractivity contribution in [2.75, 3.05) is 0 Å². The summed E-state index contributed by atoms with van der Waals surface area (Å²) in [5.74, 6) is -6.44. The molecule has 9 heteroatoms. The third kappa shape index (κ3) is 3.10. The van der Waals surface area contributed by atoms with Crippen LogP contribution in [0.4, 0.5) is 13.2 Å². The largest absolute Gasteiger partial charge is 0.355 e. The van der Waals surface area contributed by atoms with E-state index in [9.17, 15) is 14.0 Å². The van der Waals surface area contributed by atoms with Gasteiger partial charge in [0, 0.05) is 20.0 Å². The number of aromatic nitrogens is 2. The fraction of sp³-hybridized carbons (Fsp3) is 0.238. The summed E-state index contributed by atoms with van der Waals surface area (Å²) >= 11 is 0. The molecule has 1 amide bonds. The highest BCUT2D eigenvalue weighted by Gasteiger charge is 2.46. The number of aromatic amines is 1. The number of halogens is 3. The Bertz CT molecular complexity index is 1300. The standard InChI is InChI=1S/C21H15F3N4O2.2H2/c1-10-14-7-13(22)3-5-15(14)27-19(29)17(10)21(23,24)20(30)28-16-4-2-12-6-11(8-25)9-26-18(12)16;;/h3,5-7,9,16H,2,4H2,1H3,(H,27,29)(H,28,30);2*1H/t16-;;/m0../s1. The third-order valence-electron chi connectivity index (χ3n) is 5.30. The predicted molar refractivity (Wildman–Crippen MR) is 106 cm³/mol. The van der Waals surface area contributed by atoms with Gasteiger partial charge >= 0.3 is 5.92 Å². The van der Waals surface area contributed by atoms with Gasteiger partial charge in [0.2, 0.25) is 0 Å². The van der Waals surface area contributed by atoms with Crippen molar-refractivity contribution in [3.05, 3.63) is 74.6 Å². The number of fused-ring (bicyclic) bond motifs is 2. The number of nitrogens with one attached hydrogen (secondary N) is 2. The van der Waals surface area contributed by atoms with Gasteiger partial charge in [-0.3, -0.25) is 14.6 Å². The molecule has 0 unspecified atom stereocenters. The second kappa shape index (κ2) is 6.99. The first-order valence-electron chi connectivity index (χ1n) is 9.12. The van der Waals surface area contributed by atoms with Crippen molar-refractivity contribution in [1.29, 1.82) is 5.26 Å². The van der Waals surface area contributed by atoms with Gasteiger partial charge in [-0.25, -0.2) is 4.39 Å². The Balaban J connectivity index is 0.00000181. The van der Waals surface area contributed by atoms with E-state index in [2.05, 4.69) is 15.3 Å². The van der Waals surface area contributed by atoms with Gasteiger partial charge in [0.25, 0.3) is 11.5 Å². The Morgan fingerprint density at radius 2 is 2.17 bits per heavy atom. The maximum Gasteiger partial charge on any atom is 0.355 e. The average Bonchev–Trinajstić information content (AvgIpc) is 3.10. The Morgan fingerprint density at radius 3 is 2.90 bits per heavy atom. The number of nitrogens with zero attached hydrogens (tertiary/aromatic N) is 2. The van der Waals surface area contributed by atoms with Crippen molar-refractivity contribution < 1.29 is 20.8 Å². The van der Waals surface area contributed by atoms with Gasteiger partial charge in [-0.2, -0.15) is 14.0 Å². The molecular formula is C21H19F3N4O2. The van der Waals surface area contributed by atoms with E-state index >= 15 is 8.78 Å². The quantitative estimate of drug-likeness (QED) is 0.681. The molecular weight excluding hydrogens is 397 g/mol. The molecule has 4 rings (SSSR count). The van der Waals surface area contributed by atoms with Crippen LogP contribution < -0.4 is 10.9 Å². The lowest BCUT2D eigenvalue weighted by molar-refractivity contribution is -0.148. The minimum absolute atomic E-state index is 0. The number of amides is 1. The summed E-state index contributed by atoms with van der Waals surface area (Å²) in [4.78, 5) is 31.2. The lowest BCUT2D eigenvalue weighted by Crippen LogP contribution is -2.43. The molecule has 0 bridgehead atoms. The topological polar surface area (TPSA) is 98.6 Å². The highest BCUT2D eigenvalue weighted by atomic mass is 19.3. The molecule has 6 nitrogen and oxygen atoms in total. The number of hydrogen-bond donors (Lipinski definition) is 2. The number of nitriles is 1. The molecule has 1 atom stereocenters. The number of benzene rings is 1. The van der Waals surface area contributed by atoms with E-state index < -0.39 is 34.8 Å². The molecule has 0 fully saturated rings. The monoisotopic (exact) mass is 416 g/mol. The first-order valence-corrected chi connectivity index (χ1v) is 9.12. The van der Waals surface area contributed by atoms with E-state index in [1.54, 1.807) is 6.07 Å². The normalized spacial score (nSPS) is 15.6. The summed E-state index contributed by atoms with van der Waals surface area (Å²) in [5, 5.41) is 11.3. The zero-order valence-electron chi connectivity index (χ0n) is 15.7. The van der Waals surface area contributed by atoms with E-state index in [0.29, 0.717) is 29.7 Å². The lowest BCUT2D eigenvalue weighted by Gasteiger charge is -2.21. The Morgan fingerprint density at radius 1 is 1.40 bits per heavy atom. The summed E-state index contributed by atoms with van der Waals surface area (Å²) in [6, 6.07) is 6.21. The molecule has 0 spiro atoms. The van der Waals surface area contributed by atoms with Gasteiger partial charge in [-0.1, -0.05) is 0 Å². The summed E-state index contributed by atoms with van der Waals surface area (Å²) < 4.78 is 43.7. The second-order valence-corrected chi connectivity index (χ2v) is 7.16. The van der Waals surface area contributed by atoms with E-state index in [1.807, 2.05) is 6.07 Å². The Labute approximate surface area is 171 Å². The SMILES string of the molecule is Cc1c(C(F)(F)C(=O)N[C@H]2CCc3cc(C#N)cnc32)c(=O)[nH]c2ccc(F)cc12.[HH].[HH]. The van der Waals surface area contributed by atoms with Gasteiger partial charge < -0.3 is 10.3 Å². The van der Waals surface area contributed by atoms with Gasteiger partial charge in [-0.05, 0) is 55.2 Å². The zero-order chi connectivity index (χ0) is 21.6. The van der Waals surface area contributed by atoms with Crippen molar-refractivity contribution in [2.45, 2.75) is 31.7 Å². The Kier molecular flexibility index (Phi) is 4.57. The molecule has 2 heterocycles. The molecule has 2 aromatic heterocycles. The van der Waals surface area contributed by atoms with Crippen LogP contribution in [0.5, 0.6) is 0 Å². The number of carbonyl (C=O) groups is 1. The fourth-order valence-corrected chi connectivity index (χ4v) is 3.84. The van der Waals surface area contributed by atoms with Crippen LogP contribution in [0.15, 0.2) is 35.3 Å². The molecule has 1 aromatic carbocycles. The van der Waals surface area contributed by atoms with E-state index in [-0.39, 0.29) is 19.3 Å². The average molecular weight is 416 g/mol. The van der Waals surface area contributed by atoms with Crippen LogP contribution >= 0.6 is 0 Å². The van der Waals surface area contributed by atoms with E-state index in [0.717, 1.165) is 12.1 Å². The van der Waals surface area contributed by atoms with Crippen molar-refractivity contribution in [2.24, 2.45) is 0 Å². The highest BCUT2D eigenvalue weighted by Crippen LogP contribution is 2.34. The zero-order valence-corrected chi connectivity index (χ0v) is 15.7. The van der Waals surface area contributed by atoms with Gasteiger partial charge in [0.1, 0.15) is 11.9 Å². The van der Waals surface area contributed by atoms with Crippen LogP contribution in [0.25, 0.3) is 10.9 Å². The molecule has 2 N–H and O–H groups in total. The highest BCUT2D eigenvalue weighted by molar-refractivity contribution is 5.89. The van der Waals surface area contributed by atoms with Crippen LogP contribution in [0.1, 0.15) is 43.3 Å². The number of H-pyrrole nitrogens is 1. The first kappa shape index (κ1) is 19.6. The number of pyridine rings is 2. The van der Waals surface area contributed by atoms with Crippen LogP contribution in [-0.2, 0) is 17.1 Å². The van der Waals surface area contributed by atoms with Crippen molar-refractivity contribution in [3.8, 4) is 6.07 Å². The summed E-state index contributed by atoms with van der Waals surface area (Å²) in [6.07, 6.45) is 2.13. The first-order chi connectivity index (χ1) is 14.2. The number of hydrogen-bond acceptors (Lipinski definition) is 4. The molecule has 3 aromatic rings. The smallest absolute Gasteiger partial charge is 0.342 e. The van der Waals surface area contributed by atoms with Crippen LogP contribution in [-0.4, -0.2) is 15.9 Å². The lowest BCUT2D eigenvalue weighted by atomic mass is 9.99. The molecule has 1 aliphatic carbocycles. The molecule has 0 saturated carbocycles. The summed E-state index contributed by atoms with van der Waals surface area (Å²) in [5.41, 5.74) is -0.642. The third-order valence-corrected chi connectivity index (χ3v) is 5.30. The molecule has 156 valence electrons. The maximum absolute atomic E-state index is 15.1. The maximum atomic E-state index is 15.1. The van der Waals surface area contributed by atoms with E-state index in [1.165, 1.54) is 19.2 Å². The predicted octanol–water partition coefficient (Wildman–Crippen LogP) is 3.63. The number of rotatable bonds is 3. The summed E-state index contributed by atoms with van der Waals surface area (Å²) in [7, 11) is 0. The van der Waals surface area contributed by atoms with Crippen LogP contribution in [0.3, 0.4) is 0 Å². The number of alkyl halides is 2. The Hall–Kier alpha value is -3.67.